The maximum Gasteiger partial charge on any atom is 0.0796 e. The topological polar surface area (TPSA) is 21.3 Å². The molecule has 2 heterocycles. The van der Waals surface area contributed by atoms with Crippen LogP contribution in [0.3, 0.4) is 0 Å². The highest BCUT2D eigenvalue weighted by Gasteiger charge is 2.33. The van der Waals surface area contributed by atoms with Crippen molar-refractivity contribution < 1.29 is 4.74 Å². The van der Waals surface area contributed by atoms with Gasteiger partial charge in [-0.3, -0.25) is 0 Å². The summed E-state index contributed by atoms with van der Waals surface area (Å²) < 4.78 is 7.18. The van der Waals surface area contributed by atoms with Crippen LogP contribution in [0, 0.1) is 12.8 Å². The highest BCUT2D eigenvalue weighted by atomic mass is 79.9. The molecule has 1 aliphatic heterocycles. The molecule has 1 N–H and O–H groups in total. The van der Waals surface area contributed by atoms with E-state index in [4.69, 9.17) is 4.74 Å². The number of thiophene rings is 1. The fourth-order valence-corrected chi connectivity index (χ4v) is 4.37. The lowest BCUT2D eigenvalue weighted by Crippen LogP contribution is -2.35. The molecule has 0 aliphatic carbocycles. The first-order chi connectivity index (χ1) is 8.63. The lowest BCUT2D eigenvalue weighted by molar-refractivity contribution is 0.0607. The number of halogens is 1. The van der Waals surface area contributed by atoms with Crippen molar-refractivity contribution in [2.24, 2.45) is 5.92 Å². The third kappa shape index (κ3) is 3.16. The molecular formula is C14H22BrNOS. The van der Waals surface area contributed by atoms with E-state index in [9.17, 15) is 0 Å². The summed E-state index contributed by atoms with van der Waals surface area (Å²) in [6, 6.07) is 2.59. The quantitative estimate of drug-likeness (QED) is 0.869. The van der Waals surface area contributed by atoms with Crippen molar-refractivity contribution in [1.29, 1.82) is 0 Å². The molecule has 1 aliphatic rings. The summed E-state index contributed by atoms with van der Waals surface area (Å²) >= 11 is 5.41. The van der Waals surface area contributed by atoms with Crippen LogP contribution in [0.4, 0.5) is 0 Å². The molecule has 3 unspecified atom stereocenters. The second kappa shape index (κ2) is 6.51. The van der Waals surface area contributed by atoms with Crippen molar-refractivity contribution in [3.8, 4) is 0 Å². The Morgan fingerprint density at radius 2 is 2.39 bits per heavy atom. The predicted molar refractivity (Wildman–Crippen MR) is 81.3 cm³/mol. The van der Waals surface area contributed by atoms with Crippen LogP contribution in [0.1, 0.15) is 43.2 Å². The van der Waals surface area contributed by atoms with Crippen molar-refractivity contribution in [1.82, 2.24) is 5.32 Å². The van der Waals surface area contributed by atoms with E-state index < -0.39 is 0 Å². The van der Waals surface area contributed by atoms with Crippen LogP contribution in [0.25, 0.3) is 0 Å². The molecule has 1 aromatic heterocycles. The van der Waals surface area contributed by atoms with E-state index in [0.717, 1.165) is 19.6 Å². The van der Waals surface area contributed by atoms with Gasteiger partial charge in [-0.2, -0.15) is 0 Å². The highest BCUT2D eigenvalue weighted by molar-refractivity contribution is 9.11. The minimum Gasteiger partial charge on any atom is -0.376 e. The van der Waals surface area contributed by atoms with Gasteiger partial charge in [0.15, 0.2) is 0 Å². The minimum absolute atomic E-state index is 0.316. The average molecular weight is 332 g/mol. The molecule has 1 saturated heterocycles. The molecule has 102 valence electrons. The summed E-state index contributed by atoms with van der Waals surface area (Å²) in [5.41, 5.74) is 1.40. The first kappa shape index (κ1) is 14.5. The highest BCUT2D eigenvalue weighted by Crippen LogP contribution is 2.37. The Bertz CT molecular complexity index is 393. The summed E-state index contributed by atoms with van der Waals surface area (Å²) in [4.78, 5) is 1.39. The lowest BCUT2D eigenvalue weighted by atomic mass is 9.93. The predicted octanol–water partition coefficient (Wildman–Crippen LogP) is 4.28. The van der Waals surface area contributed by atoms with Crippen LogP contribution in [0.2, 0.25) is 0 Å². The van der Waals surface area contributed by atoms with Crippen LogP contribution in [0.5, 0.6) is 0 Å². The standard InChI is InChI=1S/C14H22BrNOS/c1-4-6-16-13(14-9(2)5-7-17-14)11-8-12(15)18-10(11)3/h8-9,13-14,16H,4-7H2,1-3H3. The summed E-state index contributed by atoms with van der Waals surface area (Å²) in [5.74, 6) is 0.637. The Hall–Kier alpha value is 0.1000. The van der Waals surface area contributed by atoms with Gasteiger partial charge in [-0.1, -0.05) is 13.8 Å². The zero-order valence-electron chi connectivity index (χ0n) is 11.3. The number of nitrogens with one attached hydrogen (secondary N) is 1. The van der Waals surface area contributed by atoms with Gasteiger partial charge in [0.1, 0.15) is 0 Å². The Balaban J connectivity index is 2.21. The van der Waals surface area contributed by atoms with Crippen molar-refractivity contribution in [3.63, 3.8) is 0 Å². The van der Waals surface area contributed by atoms with Gasteiger partial charge < -0.3 is 10.1 Å². The molecule has 0 spiro atoms. The van der Waals surface area contributed by atoms with Gasteiger partial charge in [0.05, 0.1) is 15.9 Å². The summed E-state index contributed by atoms with van der Waals surface area (Å²) in [6.07, 6.45) is 2.65. The minimum atomic E-state index is 0.316. The van der Waals surface area contributed by atoms with Gasteiger partial charge in [0.2, 0.25) is 0 Å². The fraction of sp³-hybridized carbons (Fsp3) is 0.714. The Morgan fingerprint density at radius 1 is 1.61 bits per heavy atom. The van der Waals surface area contributed by atoms with Crippen LogP contribution < -0.4 is 5.32 Å². The van der Waals surface area contributed by atoms with Crippen molar-refractivity contribution in [2.75, 3.05) is 13.2 Å². The molecular weight excluding hydrogens is 310 g/mol. The fourth-order valence-electron chi connectivity index (χ4n) is 2.61. The molecule has 4 heteroatoms. The zero-order valence-corrected chi connectivity index (χ0v) is 13.7. The molecule has 0 radical (unpaired) electrons. The number of aryl methyl sites for hydroxylation is 1. The molecule has 1 fully saturated rings. The largest absolute Gasteiger partial charge is 0.376 e. The molecule has 0 amide bonds. The summed E-state index contributed by atoms with van der Waals surface area (Å²) in [5, 5.41) is 3.67. The van der Waals surface area contributed by atoms with E-state index in [1.807, 2.05) is 11.3 Å². The van der Waals surface area contributed by atoms with E-state index in [1.54, 1.807) is 0 Å². The third-order valence-corrected chi connectivity index (χ3v) is 5.22. The van der Waals surface area contributed by atoms with Gasteiger partial charge in [-0.15, -0.1) is 11.3 Å². The smallest absolute Gasteiger partial charge is 0.0796 e. The number of hydrogen-bond acceptors (Lipinski definition) is 3. The van der Waals surface area contributed by atoms with Crippen LogP contribution in [0.15, 0.2) is 9.85 Å². The van der Waals surface area contributed by atoms with E-state index in [1.165, 1.54) is 20.6 Å². The zero-order chi connectivity index (χ0) is 13.1. The maximum absolute atomic E-state index is 5.97. The Morgan fingerprint density at radius 3 is 2.89 bits per heavy atom. The van der Waals surface area contributed by atoms with E-state index in [-0.39, 0.29) is 0 Å². The van der Waals surface area contributed by atoms with Gasteiger partial charge in [-0.05, 0) is 59.8 Å². The lowest BCUT2D eigenvalue weighted by Gasteiger charge is -2.27. The number of rotatable bonds is 5. The molecule has 0 bridgehead atoms. The summed E-state index contributed by atoms with van der Waals surface area (Å²) in [7, 11) is 0. The van der Waals surface area contributed by atoms with Crippen LogP contribution in [-0.4, -0.2) is 19.3 Å². The van der Waals surface area contributed by atoms with Crippen molar-refractivity contribution in [3.05, 3.63) is 20.3 Å². The summed E-state index contributed by atoms with van der Waals surface area (Å²) in [6.45, 7) is 8.66. The van der Waals surface area contributed by atoms with Crippen molar-refractivity contribution in [2.45, 2.75) is 45.8 Å². The number of ether oxygens (including phenoxy) is 1. The normalized spacial score (nSPS) is 25.6. The second-order valence-corrected chi connectivity index (χ2v) is 7.73. The average Bonchev–Trinajstić information content (AvgIpc) is 2.87. The van der Waals surface area contributed by atoms with Gasteiger partial charge in [0.25, 0.3) is 0 Å². The number of hydrogen-bond donors (Lipinski definition) is 1. The van der Waals surface area contributed by atoms with Gasteiger partial charge in [0, 0.05) is 11.5 Å². The van der Waals surface area contributed by atoms with Crippen molar-refractivity contribution >= 4 is 27.3 Å². The molecule has 0 aromatic carbocycles. The molecule has 18 heavy (non-hydrogen) atoms. The molecule has 2 nitrogen and oxygen atoms in total. The SMILES string of the molecule is CCCNC(c1cc(Br)sc1C)C1OCCC1C. The Labute approximate surface area is 122 Å². The molecule has 0 saturated carbocycles. The first-order valence-corrected chi connectivity index (χ1v) is 8.35. The van der Waals surface area contributed by atoms with Crippen LogP contribution >= 0.6 is 27.3 Å². The van der Waals surface area contributed by atoms with E-state index >= 15 is 0 Å². The third-order valence-electron chi connectivity index (χ3n) is 3.65. The molecule has 3 atom stereocenters. The first-order valence-electron chi connectivity index (χ1n) is 6.74. The Kier molecular flexibility index (Phi) is 5.24. The van der Waals surface area contributed by atoms with Crippen LogP contribution in [-0.2, 0) is 4.74 Å². The maximum atomic E-state index is 5.97. The van der Waals surface area contributed by atoms with E-state index in [0.29, 0.717) is 18.1 Å². The van der Waals surface area contributed by atoms with Gasteiger partial charge in [-0.25, -0.2) is 0 Å². The van der Waals surface area contributed by atoms with Gasteiger partial charge >= 0.3 is 0 Å². The second-order valence-electron chi connectivity index (χ2n) is 5.10. The van der Waals surface area contributed by atoms with E-state index in [2.05, 4.69) is 48.1 Å². The molecule has 2 rings (SSSR count). The molecule has 1 aromatic rings. The monoisotopic (exact) mass is 331 g/mol.